The molecule has 1 aromatic carbocycles. The smallest absolute Gasteiger partial charge is 0.412 e. The number of anilines is 1. The Morgan fingerprint density at radius 2 is 2.06 bits per heavy atom. The molecule has 0 fully saturated rings. The molecule has 0 aliphatic rings. The third kappa shape index (κ3) is 4.35. The van der Waals surface area contributed by atoms with Crippen molar-refractivity contribution in [1.29, 1.82) is 0 Å². The van der Waals surface area contributed by atoms with Crippen LogP contribution < -0.4 is 11.1 Å². The van der Waals surface area contributed by atoms with Crippen molar-refractivity contribution in [1.82, 2.24) is 0 Å². The summed E-state index contributed by atoms with van der Waals surface area (Å²) in [5, 5.41) is 12.3. The molecule has 5 heteroatoms. The van der Waals surface area contributed by atoms with Crippen LogP contribution >= 0.6 is 0 Å². The number of nitrogens with one attached hydrogen (secondary N) is 1. The molecule has 4 N–H and O–H groups in total. The van der Waals surface area contributed by atoms with Crippen LogP contribution in [0.4, 0.5) is 10.5 Å². The molecule has 1 rings (SSSR count). The molecule has 1 aromatic rings. The van der Waals surface area contributed by atoms with Crippen LogP contribution in [0.1, 0.15) is 32.4 Å². The lowest BCUT2D eigenvalue weighted by Gasteiger charge is -2.21. The van der Waals surface area contributed by atoms with Gasteiger partial charge in [-0.25, -0.2) is 4.79 Å². The van der Waals surface area contributed by atoms with Gasteiger partial charge in [0.25, 0.3) is 0 Å². The topological polar surface area (TPSA) is 84.6 Å². The molecule has 0 spiro atoms. The molecule has 0 saturated heterocycles. The van der Waals surface area contributed by atoms with Crippen LogP contribution in [0, 0.1) is 0 Å². The normalized spacial score (nSPS) is 12.9. The average molecular weight is 252 g/mol. The number of aliphatic hydroxyl groups excluding tert-OH is 1. The van der Waals surface area contributed by atoms with E-state index in [4.69, 9.17) is 10.5 Å². The molecule has 0 radical (unpaired) electrons. The molecule has 1 unspecified atom stereocenters. The van der Waals surface area contributed by atoms with Gasteiger partial charge in [-0.15, -0.1) is 0 Å². The molecular formula is C13H20N2O3. The van der Waals surface area contributed by atoms with Gasteiger partial charge < -0.3 is 15.6 Å². The first-order chi connectivity index (χ1) is 8.33. The standard InChI is InChI=1S/C13H20N2O3/c1-13(2,3)18-12(17)15-10-7-5-4-6-9(10)11(16)8-14/h4-7,11,16H,8,14H2,1-3H3,(H,15,17). The molecule has 0 aliphatic carbocycles. The van der Waals surface area contributed by atoms with Crippen LogP contribution in [0.25, 0.3) is 0 Å². The zero-order valence-electron chi connectivity index (χ0n) is 10.9. The highest BCUT2D eigenvalue weighted by molar-refractivity contribution is 5.86. The van der Waals surface area contributed by atoms with Crippen LogP contribution in [-0.2, 0) is 4.74 Å². The molecular weight excluding hydrogens is 232 g/mol. The summed E-state index contributed by atoms with van der Waals surface area (Å²) in [4.78, 5) is 11.6. The van der Waals surface area contributed by atoms with Gasteiger partial charge in [-0.3, -0.25) is 5.32 Å². The lowest BCUT2D eigenvalue weighted by molar-refractivity contribution is 0.0635. The number of carbonyl (C=O) groups excluding carboxylic acids is 1. The number of hydrogen-bond acceptors (Lipinski definition) is 4. The molecule has 0 heterocycles. The fraction of sp³-hybridized carbons (Fsp3) is 0.462. The Kier molecular flexibility index (Phi) is 4.69. The third-order valence-electron chi connectivity index (χ3n) is 2.18. The minimum Gasteiger partial charge on any atom is -0.444 e. The quantitative estimate of drug-likeness (QED) is 0.768. The van der Waals surface area contributed by atoms with Crippen molar-refractivity contribution >= 4 is 11.8 Å². The Morgan fingerprint density at radius 1 is 1.44 bits per heavy atom. The number of para-hydroxylation sites is 1. The average Bonchev–Trinajstić information content (AvgIpc) is 2.26. The summed E-state index contributed by atoms with van der Waals surface area (Å²) in [7, 11) is 0. The summed E-state index contributed by atoms with van der Waals surface area (Å²) in [5.41, 5.74) is 5.93. The minimum absolute atomic E-state index is 0.0903. The lowest BCUT2D eigenvalue weighted by Crippen LogP contribution is -2.27. The SMILES string of the molecule is CC(C)(C)OC(=O)Nc1ccccc1C(O)CN. The first-order valence-corrected chi connectivity index (χ1v) is 5.80. The summed E-state index contributed by atoms with van der Waals surface area (Å²) < 4.78 is 5.15. The van der Waals surface area contributed by atoms with Crippen LogP contribution in [-0.4, -0.2) is 23.3 Å². The van der Waals surface area contributed by atoms with Gasteiger partial charge in [0.05, 0.1) is 6.10 Å². The van der Waals surface area contributed by atoms with E-state index in [0.717, 1.165) is 0 Å². The summed E-state index contributed by atoms with van der Waals surface area (Å²) >= 11 is 0. The number of benzene rings is 1. The lowest BCUT2D eigenvalue weighted by atomic mass is 10.1. The molecule has 1 atom stereocenters. The number of aliphatic hydroxyl groups is 1. The second-order valence-electron chi connectivity index (χ2n) is 4.97. The van der Waals surface area contributed by atoms with E-state index in [1.165, 1.54) is 0 Å². The Hall–Kier alpha value is -1.59. The second kappa shape index (κ2) is 5.84. The molecule has 5 nitrogen and oxygen atoms in total. The van der Waals surface area contributed by atoms with Crippen LogP contribution in [0.3, 0.4) is 0 Å². The highest BCUT2D eigenvalue weighted by Crippen LogP contribution is 2.22. The van der Waals surface area contributed by atoms with Gasteiger partial charge >= 0.3 is 6.09 Å². The third-order valence-corrected chi connectivity index (χ3v) is 2.18. The molecule has 0 saturated carbocycles. The van der Waals surface area contributed by atoms with Crippen molar-refractivity contribution in [2.24, 2.45) is 5.73 Å². The largest absolute Gasteiger partial charge is 0.444 e. The maximum absolute atomic E-state index is 11.6. The van der Waals surface area contributed by atoms with E-state index in [9.17, 15) is 9.90 Å². The Balaban J connectivity index is 2.81. The van der Waals surface area contributed by atoms with Gasteiger partial charge in [0.1, 0.15) is 5.60 Å². The number of amides is 1. The second-order valence-corrected chi connectivity index (χ2v) is 4.97. The molecule has 0 bridgehead atoms. The summed E-state index contributed by atoms with van der Waals surface area (Å²) in [6.45, 7) is 5.45. The Bertz CT molecular complexity index is 413. The fourth-order valence-corrected chi connectivity index (χ4v) is 1.44. The number of carbonyl (C=O) groups is 1. The van der Waals surface area contributed by atoms with Crippen LogP contribution in [0.5, 0.6) is 0 Å². The van der Waals surface area contributed by atoms with E-state index in [-0.39, 0.29) is 6.54 Å². The van der Waals surface area contributed by atoms with E-state index >= 15 is 0 Å². The van der Waals surface area contributed by atoms with Crippen molar-refractivity contribution in [2.75, 3.05) is 11.9 Å². The van der Waals surface area contributed by atoms with Crippen molar-refractivity contribution in [2.45, 2.75) is 32.5 Å². The number of rotatable bonds is 3. The number of hydrogen-bond donors (Lipinski definition) is 3. The number of nitrogens with two attached hydrogens (primary N) is 1. The van der Waals surface area contributed by atoms with Crippen LogP contribution in [0.15, 0.2) is 24.3 Å². The van der Waals surface area contributed by atoms with Gasteiger partial charge in [0, 0.05) is 17.8 Å². The summed E-state index contributed by atoms with van der Waals surface area (Å²) in [6, 6.07) is 6.94. The predicted octanol–water partition coefficient (Wildman–Crippen LogP) is 2.03. The van der Waals surface area contributed by atoms with Crippen molar-refractivity contribution in [3.8, 4) is 0 Å². The van der Waals surface area contributed by atoms with Crippen LogP contribution in [0.2, 0.25) is 0 Å². The summed E-state index contributed by atoms with van der Waals surface area (Å²) in [6.07, 6.45) is -1.37. The van der Waals surface area contributed by atoms with Gasteiger partial charge in [-0.05, 0) is 26.8 Å². The molecule has 0 aromatic heterocycles. The first kappa shape index (κ1) is 14.5. The van der Waals surface area contributed by atoms with E-state index in [0.29, 0.717) is 11.3 Å². The van der Waals surface area contributed by atoms with Gasteiger partial charge in [0.2, 0.25) is 0 Å². The van der Waals surface area contributed by atoms with E-state index in [2.05, 4.69) is 5.32 Å². The Labute approximate surface area is 107 Å². The highest BCUT2D eigenvalue weighted by atomic mass is 16.6. The van der Waals surface area contributed by atoms with E-state index in [1.54, 1.807) is 45.0 Å². The monoisotopic (exact) mass is 252 g/mol. The molecule has 0 aliphatic heterocycles. The van der Waals surface area contributed by atoms with Gasteiger partial charge in [-0.2, -0.15) is 0 Å². The van der Waals surface area contributed by atoms with Crippen molar-refractivity contribution in [3.05, 3.63) is 29.8 Å². The van der Waals surface area contributed by atoms with Crippen molar-refractivity contribution < 1.29 is 14.6 Å². The molecule has 18 heavy (non-hydrogen) atoms. The fourth-order valence-electron chi connectivity index (χ4n) is 1.44. The van der Waals surface area contributed by atoms with E-state index in [1.807, 2.05) is 0 Å². The maximum Gasteiger partial charge on any atom is 0.412 e. The zero-order chi connectivity index (χ0) is 13.8. The zero-order valence-corrected chi connectivity index (χ0v) is 10.9. The molecule has 100 valence electrons. The minimum atomic E-state index is -0.809. The highest BCUT2D eigenvalue weighted by Gasteiger charge is 2.18. The Morgan fingerprint density at radius 3 is 2.61 bits per heavy atom. The van der Waals surface area contributed by atoms with E-state index < -0.39 is 17.8 Å². The van der Waals surface area contributed by atoms with Gasteiger partial charge in [-0.1, -0.05) is 18.2 Å². The predicted molar refractivity (Wildman–Crippen MR) is 70.3 cm³/mol. The summed E-state index contributed by atoms with van der Waals surface area (Å²) in [5.74, 6) is 0. The number of ether oxygens (including phenoxy) is 1. The molecule has 1 amide bonds. The maximum atomic E-state index is 11.6. The van der Waals surface area contributed by atoms with Gasteiger partial charge in [0.15, 0.2) is 0 Å². The first-order valence-electron chi connectivity index (χ1n) is 5.80. The van der Waals surface area contributed by atoms with Crippen molar-refractivity contribution in [3.63, 3.8) is 0 Å².